The Morgan fingerprint density at radius 2 is 2.06 bits per heavy atom. The van der Waals surface area contributed by atoms with E-state index < -0.39 is 0 Å². The van der Waals surface area contributed by atoms with E-state index in [4.69, 9.17) is 4.74 Å². The van der Waals surface area contributed by atoms with E-state index in [0.29, 0.717) is 23.6 Å². The summed E-state index contributed by atoms with van der Waals surface area (Å²) in [6.45, 7) is 0.294. The van der Waals surface area contributed by atoms with E-state index in [2.05, 4.69) is 15.0 Å². The van der Waals surface area contributed by atoms with Gasteiger partial charge in [0.05, 0.1) is 11.7 Å². The van der Waals surface area contributed by atoms with Gasteiger partial charge in [-0.15, -0.1) is 0 Å². The van der Waals surface area contributed by atoms with E-state index in [0.717, 1.165) is 11.9 Å². The molecule has 4 nitrogen and oxygen atoms in total. The van der Waals surface area contributed by atoms with Crippen LogP contribution in [0.15, 0.2) is 42.6 Å². The van der Waals surface area contributed by atoms with Crippen molar-refractivity contribution in [1.29, 1.82) is 0 Å². The van der Waals surface area contributed by atoms with Crippen molar-refractivity contribution in [2.75, 3.05) is 0 Å². The first-order valence-corrected chi connectivity index (χ1v) is 5.49. The van der Waals surface area contributed by atoms with Gasteiger partial charge in [-0.3, -0.25) is 0 Å². The number of H-pyrrole nitrogens is 1. The van der Waals surface area contributed by atoms with Crippen molar-refractivity contribution < 1.29 is 9.13 Å². The highest BCUT2D eigenvalue weighted by molar-refractivity contribution is 5.70. The molecule has 1 N–H and O–H groups in total. The lowest BCUT2D eigenvalue weighted by atomic mass is 10.3. The molecule has 2 heterocycles. The Morgan fingerprint density at radius 3 is 2.89 bits per heavy atom. The zero-order chi connectivity index (χ0) is 12.4. The number of aromatic amines is 1. The van der Waals surface area contributed by atoms with Crippen LogP contribution in [0.2, 0.25) is 0 Å². The van der Waals surface area contributed by atoms with E-state index in [9.17, 15) is 4.39 Å². The van der Waals surface area contributed by atoms with Crippen molar-refractivity contribution in [3.05, 3.63) is 54.2 Å². The Morgan fingerprint density at radius 1 is 1.22 bits per heavy atom. The van der Waals surface area contributed by atoms with Gasteiger partial charge in [0.15, 0.2) is 5.65 Å². The molecular formula is C13H10FN3O. The molecule has 2 aromatic heterocycles. The molecule has 0 fully saturated rings. The second-order valence-electron chi connectivity index (χ2n) is 3.81. The summed E-state index contributed by atoms with van der Waals surface area (Å²) < 4.78 is 18.5. The lowest BCUT2D eigenvalue weighted by molar-refractivity contribution is 0.297. The molecule has 0 aliphatic rings. The smallest absolute Gasteiger partial charge is 0.178 e. The highest BCUT2D eigenvalue weighted by Crippen LogP contribution is 2.13. The number of fused-ring (bicyclic) bond motifs is 1. The molecule has 0 radical (unpaired) electrons. The van der Waals surface area contributed by atoms with Crippen LogP contribution < -0.4 is 4.74 Å². The van der Waals surface area contributed by atoms with Crippen LogP contribution in [0, 0.1) is 5.82 Å². The van der Waals surface area contributed by atoms with E-state index in [1.807, 2.05) is 30.3 Å². The zero-order valence-corrected chi connectivity index (χ0v) is 9.43. The van der Waals surface area contributed by atoms with Crippen molar-refractivity contribution in [1.82, 2.24) is 15.0 Å². The molecule has 5 heteroatoms. The van der Waals surface area contributed by atoms with Gasteiger partial charge in [0.25, 0.3) is 0 Å². The molecule has 0 unspecified atom stereocenters. The molecule has 0 atom stereocenters. The second kappa shape index (κ2) is 4.44. The van der Waals surface area contributed by atoms with Crippen LogP contribution in [0.4, 0.5) is 4.39 Å². The maximum atomic E-state index is 13.0. The maximum absolute atomic E-state index is 13.0. The largest absolute Gasteiger partial charge is 0.486 e. The lowest BCUT2D eigenvalue weighted by Gasteiger charge is -2.02. The van der Waals surface area contributed by atoms with E-state index in [-0.39, 0.29) is 5.82 Å². The number of halogens is 1. The van der Waals surface area contributed by atoms with E-state index in [1.54, 1.807) is 0 Å². The number of nitrogens with one attached hydrogen (secondary N) is 1. The lowest BCUT2D eigenvalue weighted by Crippen LogP contribution is -1.96. The number of rotatable bonds is 3. The molecule has 0 saturated carbocycles. The van der Waals surface area contributed by atoms with Crippen LogP contribution in [-0.2, 0) is 6.61 Å². The van der Waals surface area contributed by atoms with Crippen molar-refractivity contribution >= 4 is 11.2 Å². The van der Waals surface area contributed by atoms with E-state index >= 15 is 0 Å². The van der Waals surface area contributed by atoms with Gasteiger partial charge in [-0.05, 0) is 12.1 Å². The Labute approximate surface area is 102 Å². The summed E-state index contributed by atoms with van der Waals surface area (Å²) >= 11 is 0. The van der Waals surface area contributed by atoms with Crippen LogP contribution >= 0.6 is 0 Å². The Hall–Kier alpha value is -2.43. The van der Waals surface area contributed by atoms with Crippen LogP contribution in [-0.4, -0.2) is 15.0 Å². The van der Waals surface area contributed by atoms with Crippen LogP contribution in [0.5, 0.6) is 5.75 Å². The topological polar surface area (TPSA) is 50.8 Å². The molecule has 0 saturated heterocycles. The number of pyridine rings is 1. The van der Waals surface area contributed by atoms with Crippen molar-refractivity contribution in [3.8, 4) is 5.75 Å². The number of para-hydroxylation sites is 1. The molecule has 0 aliphatic heterocycles. The number of ether oxygens (including phenoxy) is 1. The number of aromatic nitrogens is 3. The summed E-state index contributed by atoms with van der Waals surface area (Å²) in [5.41, 5.74) is 1.06. The van der Waals surface area contributed by atoms with Crippen molar-refractivity contribution in [2.45, 2.75) is 6.61 Å². The first kappa shape index (κ1) is 10.7. The third-order valence-corrected chi connectivity index (χ3v) is 2.47. The highest BCUT2D eigenvalue weighted by Gasteiger charge is 2.05. The Bertz CT molecular complexity index is 666. The van der Waals surface area contributed by atoms with Crippen LogP contribution in [0.25, 0.3) is 11.2 Å². The van der Waals surface area contributed by atoms with Crippen LogP contribution in [0.1, 0.15) is 5.82 Å². The summed E-state index contributed by atoms with van der Waals surface area (Å²) in [5, 5.41) is 0. The maximum Gasteiger partial charge on any atom is 0.178 e. The number of benzene rings is 1. The fourth-order valence-electron chi connectivity index (χ4n) is 1.66. The zero-order valence-electron chi connectivity index (χ0n) is 9.43. The fraction of sp³-hybridized carbons (Fsp3) is 0.0769. The molecule has 1 aromatic carbocycles. The molecule has 3 rings (SSSR count). The molecule has 0 spiro atoms. The number of imidazole rings is 1. The minimum absolute atomic E-state index is 0.294. The fourth-order valence-corrected chi connectivity index (χ4v) is 1.66. The van der Waals surface area contributed by atoms with Gasteiger partial charge in [-0.2, -0.15) is 0 Å². The predicted molar refractivity (Wildman–Crippen MR) is 64.6 cm³/mol. The standard InChI is InChI=1S/C13H10FN3O/c14-9-6-11-13(15-7-9)17-12(16-11)8-18-10-4-2-1-3-5-10/h1-7H,8H2,(H,15,16,17). The molecular weight excluding hydrogens is 233 g/mol. The Kier molecular flexibility index (Phi) is 2.64. The number of nitrogens with zero attached hydrogens (tertiary/aromatic N) is 2. The first-order chi connectivity index (χ1) is 8.81. The van der Waals surface area contributed by atoms with Gasteiger partial charge in [-0.1, -0.05) is 18.2 Å². The number of hydrogen-bond acceptors (Lipinski definition) is 3. The molecule has 0 bridgehead atoms. The van der Waals surface area contributed by atoms with Crippen molar-refractivity contribution in [2.24, 2.45) is 0 Å². The predicted octanol–water partition coefficient (Wildman–Crippen LogP) is 2.68. The Balaban J connectivity index is 1.79. The van der Waals surface area contributed by atoms with Gasteiger partial charge in [-0.25, -0.2) is 14.4 Å². The summed E-state index contributed by atoms with van der Waals surface area (Å²) in [4.78, 5) is 11.1. The van der Waals surface area contributed by atoms with Crippen molar-refractivity contribution in [3.63, 3.8) is 0 Å². The summed E-state index contributed by atoms with van der Waals surface area (Å²) in [6, 6.07) is 10.8. The minimum Gasteiger partial charge on any atom is -0.486 e. The second-order valence-corrected chi connectivity index (χ2v) is 3.81. The summed E-state index contributed by atoms with van der Waals surface area (Å²) in [7, 11) is 0. The molecule has 0 aliphatic carbocycles. The molecule has 0 amide bonds. The number of hydrogen-bond donors (Lipinski definition) is 1. The van der Waals surface area contributed by atoms with Gasteiger partial charge < -0.3 is 9.72 Å². The van der Waals surface area contributed by atoms with Crippen LogP contribution in [0.3, 0.4) is 0 Å². The molecule has 90 valence electrons. The monoisotopic (exact) mass is 243 g/mol. The summed E-state index contributed by atoms with van der Waals surface area (Å²) in [5.74, 6) is 0.991. The SMILES string of the molecule is Fc1cnc2nc(COc3ccccc3)[nH]c2c1. The molecule has 18 heavy (non-hydrogen) atoms. The minimum atomic E-state index is -0.387. The van der Waals surface area contributed by atoms with Gasteiger partial charge in [0.1, 0.15) is 24.0 Å². The van der Waals surface area contributed by atoms with Gasteiger partial charge in [0.2, 0.25) is 0 Å². The first-order valence-electron chi connectivity index (χ1n) is 5.49. The van der Waals surface area contributed by atoms with Gasteiger partial charge >= 0.3 is 0 Å². The third kappa shape index (κ3) is 2.15. The average molecular weight is 243 g/mol. The average Bonchev–Trinajstić information content (AvgIpc) is 2.79. The van der Waals surface area contributed by atoms with Gasteiger partial charge in [0, 0.05) is 6.07 Å². The normalized spacial score (nSPS) is 10.7. The third-order valence-electron chi connectivity index (χ3n) is 2.47. The molecule has 3 aromatic rings. The van der Waals surface area contributed by atoms with E-state index in [1.165, 1.54) is 6.07 Å². The highest BCUT2D eigenvalue weighted by atomic mass is 19.1. The summed E-state index contributed by atoms with van der Waals surface area (Å²) in [6.07, 6.45) is 1.14. The quantitative estimate of drug-likeness (QED) is 0.769.